The van der Waals surface area contributed by atoms with Gasteiger partial charge in [-0.05, 0) is 18.4 Å². The summed E-state index contributed by atoms with van der Waals surface area (Å²) in [4.78, 5) is 14.1. The fourth-order valence-corrected chi connectivity index (χ4v) is 2.60. The fourth-order valence-electron chi connectivity index (χ4n) is 2.60. The quantitative estimate of drug-likeness (QED) is 0.923. The van der Waals surface area contributed by atoms with Crippen LogP contribution < -0.4 is 5.32 Å². The van der Waals surface area contributed by atoms with Crippen LogP contribution in [-0.4, -0.2) is 36.7 Å². The molecule has 1 amide bonds. The number of nitrogens with one attached hydrogen (secondary N) is 1. The van der Waals surface area contributed by atoms with Gasteiger partial charge in [0.15, 0.2) is 0 Å². The molecule has 1 aliphatic rings. The molecule has 1 saturated heterocycles. The summed E-state index contributed by atoms with van der Waals surface area (Å²) in [6.07, 6.45) is -0.214. The van der Waals surface area contributed by atoms with E-state index in [0.717, 1.165) is 12.1 Å². The van der Waals surface area contributed by atoms with E-state index in [1.54, 1.807) is 0 Å². The van der Waals surface area contributed by atoms with E-state index in [1.165, 1.54) is 0 Å². The maximum absolute atomic E-state index is 12.2. The van der Waals surface area contributed by atoms with Crippen LogP contribution in [0.3, 0.4) is 0 Å². The van der Waals surface area contributed by atoms with E-state index in [2.05, 4.69) is 31.3 Å². The Bertz CT molecular complexity index is 433. The topological polar surface area (TPSA) is 41.6 Å². The molecule has 110 valence electrons. The fraction of sp³-hybridized carbons (Fsp3) is 0.562. The van der Waals surface area contributed by atoms with Crippen LogP contribution in [0.1, 0.15) is 32.4 Å². The number of hydrogen-bond acceptors (Lipinski definition) is 3. The van der Waals surface area contributed by atoms with E-state index < -0.39 is 0 Å². The van der Waals surface area contributed by atoms with Gasteiger partial charge in [0.05, 0.1) is 12.6 Å². The number of piperazine rings is 1. The first-order valence-corrected chi connectivity index (χ1v) is 7.35. The molecule has 0 aliphatic carbocycles. The molecule has 2 rings (SSSR count). The molecule has 1 fully saturated rings. The third kappa shape index (κ3) is 3.31. The normalized spacial score (nSPS) is 22.9. The summed E-state index contributed by atoms with van der Waals surface area (Å²) in [6, 6.07) is 10.5. The zero-order valence-corrected chi connectivity index (χ0v) is 12.5. The molecule has 4 nitrogen and oxygen atoms in total. The Labute approximate surface area is 121 Å². The molecule has 1 aliphatic heterocycles. The minimum Gasteiger partial charge on any atom is -0.450 e. The predicted octanol–water partition coefficient (Wildman–Crippen LogP) is 2.81. The van der Waals surface area contributed by atoms with E-state index in [0.29, 0.717) is 25.1 Å². The number of nitrogens with zero attached hydrogens (tertiary/aromatic N) is 1. The van der Waals surface area contributed by atoms with E-state index in [4.69, 9.17) is 4.74 Å². The molecule has 0 radical (unpaired) electrons. The van der Waals surface area contributed by atoms with E-state index in [1.807, 2.05) is 30.0 Å². The third-order valence-corrected chi connectivity index (χ3v) is 3.83. The summed E-state index contributed by atoms with van der Waals surface area (Å²) < 4.78 is 5.22. The van der Waals surface area contributed by atoms with Crippen molar-refractivity contribution in [3.05, 3.63) is 35.9 Å². The summed E-state index contributed by atoms with van der Waals surface area (Å²) in [5.41, 5.74) is 1.15. The van der Waals surface area contributed by atoms with Crippen molar-refractivity contribution in [1.29, 1.82) is 0 Å². The van der Waals surface area contributed by atoms with Gasteiger partial charge in [-0.25, -0.2) is 4.79 Å². The van der Waals surface area contributed by atoms with Crippen molar-refractivity contribution < 1.29 is 9.53 Å². The number of carbonyl (C=O) groups is 1. The molecule has 1 aromatic carbocycles. The Hall–Kier alpha value is -1.55. The van der Waals surface area contributed by atoms with Crippen molar-refractivity contribution in [2.75, 3.05) is 19.7 Å². The number of ether oxygens (including phenoxy) is 1. The smallest absolute Gasteiger partial charge is 0.410 e. The lowest BCUT2D eigenvalue weighted by Crippen LogP contribution is -2.56. The van der Waals surface area contributed by atoms with E-state index in [9.17, 15) is 4.79 Å². The standard InChI is InChI=1S/C16H24N2O2/c1-4-20-16(19)18-11-14(12(2)3)17-10-15(18)13-8-6-5-7-9-13/h5-9,12,14-15,17H,4,10-11H2,1-3H3. The van der Waals surface area contributed by atoms with Crippen LogP contribution in [0.5, 0.6) is 0 Å². The predicted molar refractivity (Wildman–Crippen MR) is 79.5 cm³/mol. The molecule has 0 bridgehead atoms. The summed E-state index contributed by atoms with van der Waals surface area (Å²) in [5, 5.41) is 3.54. The van der Waals surface area contributed by atoms with E-state index >= 15 is 0 Å². The monoisotopic (exact) mass is 276 g/mol. The van der Waals surface area contributed by atoms with Gasteiger partial charge in [-0.3, -0.25) is 4.90 Å². The maximum atomic E-state index is 12.2. The van der Waals surface area contributed by atoms with Crippen LogP contribution in [0.15, 0.2) is 30.3 Å². The summed E-state index contributed by atoms with van der Waals surface area (Å²) in [6.45, 7) is 8.06. The average molecular weight is 276 g/mol. The highest BCUT2D eigenvalue weighted by atomic mass is 16.6. The molecule has 2 atom stereocenters. The van der Waals surface area contributed by atoms with E-state index in [-0.39, 0.29) is 12.1 Å². The van der Waals surface area contributed by atoms with Crippen molar-refractivity contribution in [1.82, 2.24) is 10.2 Å². The second-order valence-electron chi connectivity index (χ2n) is 5.54. The highest BCUT2D eigenvalue weighted by molar-refractivity contribution is 5.68. The van der Waals surface area contributed by atoms with Crippen molar-refractivity contribution in [3.8, 4) is 0 Å². The second kappa shape index (κ2) is 6.75. The van der Waals surface area contributed by atoms with Gasteiger partial charge in [0.2, 0.25) is 0 Å². The Morgan fingerprint density at radius 1 is 1.40 bits per heavy atom. The molecule has 1 N–H and O–H groups in total. The second-order valence-corrected chi connectivity index (χ2v) is 5.54. The summed E-state index contributed by atoms with van der Waals surface area (Å²) in [7, 11) is 0. The molecule has 0 aromatic heterocycles. The third-order valence-electron chi connectivity index (χ3n) is 3.83. The SMILES string of the molecule is CCOC(=O)N1CC(C(C)C)NCC1c1ccccc1. The molecule has 0 spiro atoms. The van der Waals surface area contributed by atoms with Gasteiger partial charge >= 0.3 is 6.09 Å². The first-order chi connectivity index (χ1) is 9.63. The highest BCUT2D eigenvalue weighted by Crippen LogP contribution is 2.26. The van der Waals surface area contributed by atoms with Crippen LogP contribution in [-0.2, 0) is 4.74 Å². The highest BCUT2D eigenvalue weighted by Gasteiger charge is 2.34. The molecular formula is C16H24N2O2. The lowest BCUT2D eigenvalue weighted by Gasteiger charge is -2.41. The van der Waals surface area contributed by atoms with Crippen molar-refractivity contribution in [2.24, 2.45) is 5.92 Å². The van der Waals surface area contributed by atoms with Gasteiger partial charge in [0.25, 0.3) is 0 Å². The largest absolute Gasteiger partial charge is 0.450 e. The first kappa shape index (κ1) is 14.9. The van der Waals surface area contributed by atoms with Gasteiger partial charge in [-0.15, -0.1) is 0 Å². The van der Waals surface area contributed by atoms with Crippen LogP contribution in [0.25, 0.3) is 0 Å². The Morgan fingerprint density at radius 2 is 2.10 bits per heavy atom. The number of carbonyl (C=O) groups excluding carboxylic acids is 1. The molecule has 0 saturated carbocycles. The molecule has 1 aromatic rings. The van der Waals surface area contributed by atoms with Gasteiger partial charge in [-0.1, -0.05) is 44.2 Å². The van der Waals surface area contributed by atoms with Crippen molar-refractivity contribution in [3.63, 3.8) is 0 Å². The van der Waals surface area contributed by atoms with Crippen LogP contribution in [0, 0.1) is 5.92 Å². The summed E-state index contributed by atoms with van der Waals surface area (Å²) >= 11 is 0. The van der Waals surface area contributed by atoms with Gasteiger partial charge in [0.1, 0.15) is 0 Å². The molecular weight excluding hydrogens is 252 g/mol. The average Bonchev–Trinajstić information content (AvgIpc) is 2.47. The minimum absolute atomic E-state index is 0.0465. The Balaban J connectivity index is 2.19. The van der Waals surface area contributed by atoms with Crippen LogP contribution in [0.2, 0.25) is 0 Å². The van der Waals surface area contributed by atoms with Gasteiger partial charge in [-0.2, -0.15) is 0 Å². The summed E-state index contributed by atoms with van der Waals surface area (Å²) in [5.74, 6) is 0.489. The van der Waals surface area contributed by atoms with Crippen molar-refractivity contribution >= 4 is 6.09 Å². The number of rotatable bonds is 3. The zero-order chi connectivity index (χ0) is 14.5. The Kier molecular flexibility index (Phi) is 5.01. The molecule has 1 heterocycles. The number of benzene rings is 1. The van der Waals surface area contributed by atoms with Gasteiger partial charge < -0.3 is 10.1 Å². The maximum Gasteiger partial charge on any atom is 0.410 e. The molecule has 2 unspecified atom stereocenters. The Morgan fingerprint density at radius 3 is 2.70 bits per heavy atom. The van der Waals surface area contributed by atoms with Crippen LogP contribution in [0.4, 0.5) is 4.79 Å². The lowest BCUT2D eigenvalue weighted by atomic mass is 9.96. The lowest BCUT2D eigenvalue weighted by molar-refractivity contribution is 0.0652. The van der Waals surface area contributed by atoms with Gasteiger partial charge in [0, 0.05) is 19.1 Å². The number of hydrogen-bond donors (Lipinski definition) is 1. The number of amides is 1. The molecule has 4 heteroatoms. The molecule has 20 heavy (non-hydrogen) atoms. The van der Waals surface area contributed by atoms with Crippen LogP contribution >= 0.6 is 0 Å². The zero-order valence-electron chi connectivity index (χ0n) is 12.5. The minimum atomic E-state index is -0.214. The van der Waals surface area contributed by atoms with Crippen molar-refractivity contribution in [2.45, 2.75) is 32.9 Å². The first-order valence-electron chi connectivity index (χ1n) is 7.35.